The Morgan fingerprint density at radius 3 is 3.18 bits per heavy atom. The first-order valence-electron chi connectivity index (χ1n) is 5.92. The largest absolute Gasteiger partial charge is 0.383 e. The molecular weight excluding hydrogens is 214 g/mol. The van der Waals surface area contributed by atoms with Crippen LogP contribution in [0.5, 0.6) is 0 Å². The molecule has 0 spiro atoms. The maximum atomic E-state index is 5.92. The van der Waals surface area contributed by atoms with Crippen molar-refractivity contribution in [3.8, 4) is 0 Å². The van der Waals surface area contributed by atoms with E-state index in [-0.39, 0.29) is 0 Å². The van der Waals surface area contributed by atoms with Gasteiger partial charge >= 0.3 is 0 Å². The SMILES string of the molecule is Nc1nc(C[C@H]2CCCN2)nc2ccncc12. The zero-order chi connectivity index (χ0) is 11.7. The Morgan fingerprint density at radius 1 is 1.41 bits per heavy atom. The fourth-order valence-corrected chi connectivity index (χ4v) is 2.29. The lowest BCUT2D eigenvalue weighted by molar-refractivity contribution is 0.587. The van der Waals surface area contributed by atoms with Crippen molar-refractivity contribution in [3.05, 3.63) is 24.3 Å². The van der Waals surface area contributed by atoms with Crippen molar-refractivity contribution in [3.63, 3.8) is 0 Å². The number of aromatic nitrogens is 3. The third-order valence-corrected chi connectivity index (χ3v) is 3.16. The number of nitrogens with one attached hydrogen (secondary N) is 1. The van der Waals surface area contributed by atoms with Crippen LogP contribution in [0.15, 0.2) is 18.5 Å². The van der Waals surface area contributed by atoms with E-state index in [9.17, 15) is 0 Å². The lowest BCUT2D eigenvalue weighted by Gasteiger charge is -2.10. The quantitative estimate of drug-likeness (QED) is 0.800. The molecule has 5 nitrogen and oxygen atoms in total. The first-order chi connectivity index (χ1) is 8.33. The Kier molecular flexibility index (Phi) is 2.60. The summed E-state index contributed by atoms with van der Waals surface area (Å²) in [7, 11) is 0. The van der Waals surface area contributed by atoms with Crippen LogP contribution in [0.25, 0.3) is 10.9 Å². The van der Waals surface area contributed by atoms with E-state index >= 15 is 0 Å². The molecule has 88 valence electrons. The Labute approximate surface area is 99.5 Å². The molecule has 0 unspecified atom stereocenters. The third-order valence-electron chi connectivity index (χ3n) is 3.16. The fraction of sp³-hybridized carbons (Fsp3) is 0.417. The van der Waals surface area contributed by atoms with Crippen LogP contribution in [0, 0.1) is 0 Å². The van der Waals surface area contributed by atoms with Crippen LogP contribution in [0.1, 0.15) is 18.7 Å². The van der Waals surface area contributed by atoms with E-state index in [0.717, 1.165) is 29.7 Å². The predicted octanol–water partition coefficient (Wildman–Crippen LogP) is 0.901. The van der Waals surface area contributed by atoms with Crippen LogP contribution in [0.3, 0.4) is 0 Å². The van der Waals surface area contributed by atoms with Crippen LogP contribution in [-0.2, 0) is 6.42 Å². The number of hydrogen-bond donors (Lipinski definition) is 2. The normalized spacial score (nSPS) is 19.9. The summed E-state index contributed by atoms with van der Waals surface area (Å²) in [5, 5.41) is 4.27. The standard InChI is InChI=1S/C12H15N5/c13-12-9-7-14-5-3-10(9)16-11(17-12)6-8-2-1-4-15-8/h3,5,7-8,15H,1-2,4,6H2,(H2,13,16,17)/t8-/m1/s1. The van der Waals surface area contributed by atoms with Gasteiger partial charge in [-0.25, -0.2) is 9.97 Å². The number of hydrogen-bond acceptors (Lipinski definition) is 5. The van der Waals surface area contributed by atoms with Gasteiger partial charge in [-0.2, -0.15) is 0 Å². The molecule has 17 heavy (non-hydrogen) atoms. The molecule has 3 N–H and O–H groups in total. The summed E-state index contributed by atoms with van der Waals surface area (Å²) >= 11 is 0. The second kappa shape index (κ2) is 4.25. The molecule has 3 heterocycles. The van der Waals surface area contributed by atoms with Gasteiger partial charge in [0.05, 0.1) is 10.9 Å². The Morgan fingerprint density at radius 2 is 2.35 bits per heavy atom. The van der Waals surface area contributed by atoms with Crippen LogP contribution in [0.2, 0.25) is 0 Å². The third kappa shape index (κ3) is 2.06. The van der Waals surface area contributed by atoms with Gasteiger partial charge in [-0.05, 0) is 25.5 Å². The highest BCUT2D eigenvalue weighted by Crippen LogP contribution is 2.17. The van der Waals surface area contributed by atoms with Gasteiger partial charge in [-0.3, -0.25) is 4.98 Å². The van der Waals surface area contributed by atoms with Gasteiger partial charge in [-0.1, -0.05) is 0 Å². The van der Waals surface area contributed by atoms with Crippen molar-refractivity contribution in [1.29, 1.82) is 0 Å². The summed E-state index contributed by atoms with van der Waals surface area (Å²) in [4.78, 5) is 12.9. The van der Waals surface area contributed by atoms with Crippen molar-refractivity contribution in [2.45, 2.75) is 25.3 Å². The molecule has 1 aliphatic rings. The average molecular weight is 229 g/mol. The topological polar surface area (TPSA) is 76.7 Å². The summed E-state index contributed by atoms with van der Waals surface area (Å²) < 4.78 is 0. The minimum Gasteiger partial charge on any atom is -0.383 e. The number of rotatable bonds is 2. The van der Waals surface area contributed by atoms with E-state index in [1.165, 1.54) is 12.8 Å². The molecule has 0 amide bonds. The fourth-order valence-electron chi connectivity index (χ4n) is 2.29. The number of nitrogen functional groups attached to an aromatic ring is 1. The maximum Gasteiger partial charge on any atom is 0.136 e. The molecular formula is C12H15N5. The van der Waals surface area contributed by atoms with Crippen molar-refractivity contribution < 1.29 is 0 Å². The summed E-state index contributed by atoms with van der Waals surface area (Å²) in [5.41, 5.74) is 6.80. The van der Waals surface area contributed by atoms with Gasteiger partial charge in [0, 0.05) is 24.9 Å². The van der Waals surface area contributed by atoms with E-state index in [4.69, 9.17) is 5.73 Å². The van der Waals surface area contributed by atoms with Gasteiger partial charge in [0.2, 0.25) is 0 Å². The molecule has 0 bridgehead atoms. The van der Waals surface area contributed by atoms with Gasteiger partial charge in [0.25, 0.3) is 0 Å². The van der Waals surface area contributed by atoms with E-state index in [2.05, 4.69) is 20.3 Å². The van der Waals surface area contributed by atoms with Crippen molar-refractivity contribution in [2.75, 3.05) is 12.3 Å². The zero-order valence-corrected chi connectivity index (χ0v) is 9.56. The maximum absolute atomic E-state index is 5.92. The minimum absolute atomic E-state index is 0.494. The summed E-state index contributed by atoms with van der Waals surface area (Å²) in [5.74, 6) is 1.34. The molecule has 2 aromatic heterocycles. The highest BCUT2D eigenvalue weighted by molar-refractivity contribution is 5.86. The summed E-state index contributed by atoms with van der Waals surface area (Å²) in [6.45, 7) is 1.09. The number of anilines is 1. The molecule has 1 saturated heterocycles. The molecule has 1 aliphatic heterocycles. The van der Waals surface area contributed by atoms with E-state index in [1.807, 2.05) is 6.07 Å². The second-order valence-corrected chi connectivity index (χ2v) is 4.42. The van der Waals surface area contributed by atoms with E-state index in [0.29, 0.717) is 11.9 Å². The molecule has 2 aromatic rings. The van der Waals surface area contributed by atoms with E-state index in [1.54, 1.807) is 12.4 Å². The van der Waals surface area contributed by atoms with Crippen LogP contribution >= 0.6 is 0 Å². The lowest BCUT2D eigenvalue weighted by Crippen LogP contribution is -2.24. The summed E-state index contributed by atoms with van der Waals surface area (Å²) in [6.07, 6.45) is 6.71. The Balaban J connectivity index is 1.94. The predicted molar refractivity (Wildman–Crippen MR) is 66.5 cm³/mol. The number of nitrogens with two attached hydrogens (primary N) is 1. The van der Waals surface area contributed by atoms with Crippen molar-refractivity contribution in [2.24, 2.45) is 0 Å². The molecule has 0 aromatic carbocycles. The second-order valence-electron chi connectivity index (χ2n) is 4.42. The van der Waals surface area contributed by atoms with Crippen LogP contribution in [-0.4, -0.2) is 27.5 Å². The zero-order valence-electron chi connectivity index (χ0n) is 9.56. The lowest BCUT2D eigenvalue weighted by atomic mass is 10.1. The first-order valence-corrected chi connectivity index (χ1v) is 5.92. The highest BCUT2D eigenvalue weighted by Gasteiger charge is 2.16. The number of fused-ring (bicyclic) bond motifs is 1. The molecule has 0 aliphatic carbocycles. The van der Waals surface area contributed by atoms with Crippen molar-refractivity contribution in [1.82, 2.24) is 20.3 Å². The smallest absolute Gasteiger partial charge is 0.136 e. The van der Waals surface area contributed by atoms with Gasteiger partial charge in [0.15, 0.2) is 0 Å². The van der Waals surface area contributed by atoms with Crippen LogP contribution in [0.4, 0.5) is 5.82 Å². The Bertz CT molecular complexity index is 533. The number of nitrogens with zero attached hydrogens (tertiary/aromatic N) is 3. The average Bonchev–Trinajstić information content (AvgIpc) is 2.82. The molecule has 1 fully saturated rings. The van der Waals surface area contributed by atoms with Crippen LogP contribution < -0.4 is 11.1 Å². The first kappa shape index (κ1) is 10.4. The molecule has 5 heteroatoms. The van der Waals surface area contributed by atoms with Gasteiger partial charge < -0.3 is 11.1 Å². The summed E-state index contributed by atoms with van der Waals surface area (Å²) in [6, 6.07) is 2.37. The van der Waals surface area contributed by atoms with Gasteiger partial charge in [0.1, 0.15) is 11.6 Å². The molecule has 0 saturated carbocycles. The monoisotopic (exact) mass is 229 g/mol. The highest BCUT2D eigenvalue weighted by atomic mass is 15.0. The minimum atomic E-state index is 0.494. The molecule has 3 rings (SSSR count). The molecule has 0 radical (unpaired) electrons. The van der Waals surface area contributed by atoms with E-state index < -0.39 is 0 Å². The Hall–Kier alpha value is -1.75. The molecule has 1 atom stereocenters. The van der Waals surface area contributed by atoms with Crippen molar-refractivity contribution >= 4 is 16.7 Å². The number of pyridine rings is 1. The van der Waals surface area contributed by atoms with Gasteiger partial charge in [-0.15, -0.1) is 0 Å².